The molecule has 0 radical (unpaired) electrons. The van der Waals surface area contributed by atoms with E-state index in [4.69, 9.17) is 5.26 Å². The van der Waals surface area contributed by atoms with E-state index in [-0.39, 0.29) is 34.1 Å². The number of aromatic amines is 1. The average molecular weight is 383 g/mol. The van der Waals surface area contributed by atoms with E-state index in [2.05, 4.69) is 20.3 Å². The first-order valence-corrected chi connectivity index (χ1v) is 8.32. The van der Waals surface area contributed by atoms with Gasteiger partial charge in [0.1, 0.15) is 6.07 Å². The number of nitrogens with one attached hydrogen (secondary N) is 2. The molecule has 7 nitrogen and oxygen atoms in total. The highest BCUT2D eigenvalue weighted by molar-refractivity contribution is 5.86. The number of hydrogen-bond donors (Lipinski definition) is 2. The van der Waals surface area contributed by atoms with E-state index in [9.17, 15) is 18.4 Å². The smallest absolute Gasteiger partial charge is 0.252 e. The maximum atomic E-state index is 14.2. The number of fused-ring (bicyclic) bond motifs is 1. The molecule has 0 aliphatic rings. The number of halogens is 2. The molecule has 1 aromatic carbocycles. The first kappa shape index (κ1) is 19.1. The van der Waals surface area contributed by atoms with Crippen LogP contribution in [0.25, 0.3) is 10.9 Å². The normalized spacial score (nSPS) is 11.8. The van der Waals surface area contributed by atoms with Crippen molar-refractivity contribution in [3.05, 3.63) is 69.0 Å². The lowest BCUT2D eigenvalue weighted by Gasteiger charge is -2.14. The van der Waals surface area contributed by atoms with Gasteiger partial charge in [-0.25, -0.2) is 13.8 Å². The van der Waals surface area contributed by atoms with Crippen LogP contribution in [0, 0.1) is 29.9 Å². The summed E-state index contributed by atoms with van der Waals surface area (Å²) in [5, 5.41) is 11.3. The molecule has 28 heavy (non-hydrogen) atoms. The Kier molecular flexibility index (Phi) is 5.13. The van der Waals surface area contributed by atoms with Crippen molar-refractivity contribution in [2.45, 2.75) is 26.3 Å². The summed E-state index contributed by atoms with van der Waals surface area (Å²) < 4.78 is 27.7. The molecule has 0 fully saturated rings. The number of aryl methyl sites for hydroxylation is 1. The Morgan fingerprint density at radius 3 is 2.71 bits per heavy atom. The molecule has 142 valence electrons. The largest absolute Gasteiger partial charge is 0.348 e. The lowest BCUT2D eigenvalue weighted by atomic mass is 10.0. The number of rotatable bonds is 4. The molecule has 3 rings (SSSR count). The zero-order valence-corrected chi connectivity index (χ0v) is 15.0. The summed E-state index contributed by atoms with van der Waals surface area (Å²) in [4.78, 5) is 35.1. The number of carbonyl (C=O) groups excluding carboxylic acids is 1. The van der Waals surface area contributed by atoms with E-state index in [1.807, 2.05) is 6.07 Å². The summed E-state index contributed by atoms with van der Waals surface area (Å²) in [5.74, 6) is -2.61. The minimum absolute atomic E-state index is 0.0487. The molecule has 0 spiro atoms. The number of aromatic nitrogens is 3. The molecule has 2 N–H and O–H groups in total. The molecule has 0 aliphatic carbocycles. The number of amides is 1. The molecule has 1 atom stereocenters. The first-order valence-electron chi connectivity index (χ1n) is 8.32. The molecule has 0 unspecified atom stereocenters. The van der Waals surface area contributed by atoms with E-state index in [1.165, 1.54) is 25.4 Å². The summed E-state index contributed by atoms with van der Waals surface area (Å²) in [7, 11) is 0. The third-order valence-electron chi connectivity index (χ3n) is 4.39. The van der Waals surface area contributed by atoms with Crippen LogP contribution in [0.4, 0.5) is 8.78 Å². The van der Waals surface area contributed by atoms with Crippen molar-refractivity contribution in [3.8, 4) is 6.07 Å². The molecule has 9 heteroatoms. The van der Waals surface area contributed by atoms with Gasteiger partial charge in [-0.1, -0.05) is 0 Å². The SMILES string of the molecule is Cc1c(CC(=O)N[C@@H](C)c2cnc(C#N)cn2)c(=O)[nH]c2ccc(F)c(F)c12. The van der Waals surface area contributed by atoms with Gasteiger partial charge in [0.25, 0.3) is 5.56 Å². The number of carbonyl (C=O) groups is 1. The van der Waals surface area contributed by atoms with Gasteiger partial charge in [-0.2, -0.15) is 5.26 Å². The third-order valence-corrected chi connectivity index (χ3v) is 4.39. The molecule has 0 aliphatic heterocycles. The molecule has 3 aromatic rings. The van der Waals surface area contributed by atoms with Gasteiger partial charge in [0.15, 0.2) is 17.3 Å². The predicted molar refractivity (Wildman–Crippen MR) is 96.2 cm³/mol. The van der Waals surface area contributed by atoms with Crippen molar-refractivity contribution in [2.24, 2.45) is 0 Å². The van der Waals surface area contributed by atoms with Crippen molar-refractivity contribution in [3.63, 3.8) is 0 Å². The third kappa shape index (κ3) is 3.57. The lowest BCUT2D eigenvalue weighted by molar-refractivity contribution is -0.121. The zero-order valence-electron chi connectivity index (χ0n) is 15.0. The summed E-state index contributed by atoms with van der Waals surface area (Å²) in [6.45, 7) is 3.14. The van der Waals surface area contributed by atoms with Crippen LogP contribution in [0.3, 0.4) is 0 Å². The Morgan fingerprint density at radius 2 is 2.07 bits per heavy atom. The molecule has 0 saturated carbocycles. The molecule has 1 amide bonds. The van der Waals surface area contributed by atoms with Gasteiger partial charge < -0.3 is 10.3 Å². The van der Waals surface area contributed by atoms with Gasteiger partial charge in [-0.15, -0.1) is 0 Å². The van der Waals surface area contributed by atoms with Crippen LogP contribution < -0.4 is 10.9 Å². The van der Waals surface area contributed by atoms with Crippen molar-refractivity contribution >= 4 is 16.8 Å². The number of nitriles is 1. The minimum atomic E-state index is -1.07. The average Bonchev–Trinajstić information content (AvgIpc) is 2.68. The van der Waals surface area contributed by atoms with Gasteiger partial charge in [0.2, 0.25) is 5.91 Å². The fourth-order valence-corrected chi connectivity index (χ4v) is 2.90. The Labute approximate surface area is 158 Å². The summed E-state index contributed by atoms with van der Waals surface area (Å²) in [5.41, 5.74) is 0.451. The Balaban J connectivity index is 1.85. The second-order valence-electron chi connectivity index (χ2n) is 6.25. The first-order chi connectivity index (χ1) is 13.3. The minimum Gasteiger partial charge on any atom is -0.348 e. The lowest BCUT2D eigenvalue weighted by Crippen LogP contribution is -2.31. The predicted octanol–water partition coefficient (Wildman–Crippen LogP) is 2.20. The number of benzene rings is 1. The van der Waals surface area contributed by atoms with Crippen LogP contribution >= 0.6 is 0 Å². The molecule has 2 aromatic heterocycles. The van der Waals surface area contributed by atoms with E-state index < -0.39 is 29.1 Å². The topological polar surface area (TPSA) is 112 Å². The van der Waals surface area contributed by atoms with Crippen molar-refractivity contribution in [2.75, 3.05) is 0 Å². The summed E-state index contributed by atoms with van der Waals surface area (Å²) >= 11 is 0. The molecule has 2 heterocycles. The van der Waals surface area contributed by atoms with Crippen LogP contribution in [0.2, 0.25) is 0 Å². The summed E-state index contributed by atoms with van der Waals surface area (Å²) in [6.07, 6.45) is 2.34. The van der Waals surface area contributed by atoms with E-state index >= 15 is 0 Å². The van der Waals surface area contributed by atoms with Gasteiger partial charge in [0.05, 0.1) is 36.1 Å². The van der Waals surface area contributed by atoms with E-state index in [0.717, 1.165) is 6.07 Å². The maximum Gasteiger partial charge on any atom is 0.252 e. The van der Waals surface area contributed by atoms with Crippen LogP contribution in [-0.4, -0.2) is 20.9 Å². The van der Waals surface area contributed by atoms with Gasteiger partial charge in [-0.05, 0) is 31.5 Å². The van der Waals surface area contributed by atoms with Crippen molar-refractivity contribution in [1.82, 2.24) is 20.3 Å². The number of H-pyrrole nitrogens is 1. The highest BCUT2D eigenvalue weighted by Gasteiger charge is 2.19. The molecular formula is C19H15F2N5O2. The number of nitrogens with zero attached hydrogens (tertiary/aromatic N) is 3. The second kappa shape index (κ2) is 7.52. The highest BCUT2D eigenvalue weighted by atomic mass is 19.2. The second-order valence-corrected chi connectivity index (χ2v) is 6.25. The Bertz CT molecular complexity index is 1170. The van der Waals surface area contributed by atoms with Gasteiger partial charge in [-0.3, -0.25) is 14.6 Å². The van der Waals surface area contributed by atoms with Crippen LogP contribution in [0.1, 0.15) is 35.5 Å². The van der Waals surface area contributed by atoms with Crippen LogP contribution in [-0.2, 0) is 11.2 Å². The van der Waals surface area contributed by atoms with Crippen LogP contribution in [0.5, 0.6) is 0 Å². The highest BCUT2D eigenvalue weighted by Crippen LogP contribution is 2.23. The van der Waals surface area contributed by atoms with E-state index in [0.29, 0.717) is 5.69 Å². The van der Waals surface area contributed by atoms with Gasteiger partial charge in [0, 0.05) is 10.9 Å². The van der Waals surface area contributed by atoms with Crippen LogP contribution in [0.15, 0.2) is 29.3 Å². The summed E-state index contributed by atoms with van der Waals surface area (Å²) in [6, 6.07) is 3.53. The standard InChI is InChI=1S/C19H15F2N5O2/c1-9-12(19(28)26-14-4-3-13(20)18(21)17(9)14)5-16(27)25-10(2)15-8-23-11(6-22)7-24-15/h3-4,7-8,10H,5H2,1-2H3,(H,25,27)(H,26,28)/t10-/m0/s1. The molecular weight excluding hydrogens is 368 g/mol. The van der Waals surface area contributed by atoms with Crippen molar-refractivity contribution in [1.29, 1.82) is 5.26 Å². The fourth-order valence-electron chi connectivity index (χ4n) is 2.90. The zero-order chi connectivity index (χ0) is 20.4. The monoisotopic (exact) mass is 383 g/mol. The Morgan fingerprint density at radius 1 is 1.32 bits per heavy atom. The Hall–Kier alpha value is -3.67. The number of pyridine rings is 1. The molecule has 0 bridgehead atoms. The van der Waals surface area contributed by atoms with E-state index in [1.54, 1.807) is 6.92 Å². The maximum absolute atomic E-state index is 14.2. The number of hydrogen-bond acceptors (Lipinski definition) is 5. The van der Waals surface area contributed by atoms with Gasteiger partial charge >= 0.3 is 0 Å². The molecule has 0 saturated heterocycles. The fraction of sp³-hybridized carbons (Fsp3) is 0.211. The van der Waals surface area contributed by atoms with Crippen molar-refractivity contribution < 1.29 is 13.6 Å². The quantitative estimate of drug-likeness (QED) is 0.717.